The van der Waals surface area contributed by atoms with Crippen molar-refractivity contribution in [1.29, 1.82) is 0 Å². The summed E-state index contributed by atoms with van der Waals surface area (Å²) in [5, 5.41) is 36.2. The average molecular weight is 759 g/mol. The standard InChI is InChI=1S/C42H54N4O7S/c1-5-28(4)37(25-47)43-39(49)24-38(48)34(21-27(2)3)44-41(51)36(23-32-18-12-20-54-32)45-40(50)35(46-42(52)53-26-29-13-7-6-8-14-29)22-31-17-11-16-30-15-9-10-19-33(30)31/h6-20,27-28,34-38,47-48H,5,21-26H2,1-4H3,(H,43,49)(H,44,51)(H,45,50)(H,46,52)/t28-,34-,35-,36?,37+,38-/m0/s1. The van der Waals surface area contributed by atoms with Gasteiger partial charge in [0, 0.05) is 17.7 Å². The second-order valence-electron chi connectivity index (χ2n) is 14.2. The molecule has 12 heteroatoms. The predicted molar refractivity (Wildman–Crippen MR) is 212 cm³/mol. The van der Waals surface area contributed by atoms with Crippen molar-refractivity contribution in [2.75, 3.05) is 6.61 Å². The fourth-order valence-corrected chi connectivity index (χ4v) is 7.02. The van der Waals surface area contributed by atoms with Gasteiger partial charge in [-0.05, 0) is 51.6 Å². The molecule has 0 bridgehead atoms. The number of hydrogen-bond donors (Lipinski definition) is 6. The maximum atomic E-state index is 14.2. The molecule has 4 amide bonds. The second kappa shape index (κ2) is 21.2. The van der Waals surface area contributed by atoms with E-state index >= 15 is 0 Å². The van der Waals surface area contributed by atoms with Crippen LogP contribution in [-0.2, 0) is 38.6 Å². The molecule has 0 radical (unpaired) electrons. The molecule has 1 aromatic heterocycles. The molecular weight excluding hydrogens is 705 g/mol. The minimum Gasteiger partial charge on any atom is -0.445 e. The number of carbonyl (C=O) groups is 4. The normalized spacial score (nSPS) is 14.6. The van der Waals surface area contributed by atoms with E-state index in [1.807, 2.05) is 118 Å². The Labute approximate surface area is 321 Å². The third kappa shape index (κ3) is 13.0. The van der Waals surface area contributed by atoms with E-state index in [1.54, 1.807) is 0 Å². The van der Waals surface area contributed by atoms with Crippen molar-refractivity contribution in [3.05, 3.63) is 106 Å². The van der Waals surface area contributed by atoms with Gasteiger partial charge in [-0.15, -0.1) is 11.3 Å². The number of alkyl carbamates (subject to hydrolysis) is 1. The highest BCUT2D eigenvalue weighted by Crippen LogP contribution is 2.21. The smallest absolute Gasteiger partial charge is 0.408 e. The van der Waals surface area contributed by atoms with Gasteiger partial charge in [0.05, 0.1) is 31.2 Å². The van der Waals surface area contributed by atoms with E-state index < -0.39 is 54.1 Å². The van der Waals surface area contributed by atoms with Crippen molar-refractivity contribution >= 4 is 45.9 Å². The highest BCUT2D eigenvalue weighted by molar-refractivity contribution is 7.09. The van der Waals surface area contributed by atoms with Gasteiger partial charge in [-0.3, -0.25) is 14.4 Å². The Bertz CT molecular complexity index is 1780. The summed E-state index contributed by atoms with van der Waals surface area (Å²) >= 11 is 1.44. The minimum absolute atomic E-state index is 0.00850. The van der Waals surface area contributed by atoms with Gasteiger partial charge < -0.3 is 36.2 Å². The number of aliphatic hydroxyl groups excluding tert-OH is 2. The molecule has 0 spiro atoms. The zero-order chi connectivity index (χ0) is 39.0. The van der Waals surface area contributed by atoms with Crippen LogP contribution in [0.4, 0.5) is 4.79 Å². The summed E-state index contributed by atoms with van der Waals surface area (Å²) in [5.74, 6) is -1.47. The number of rotatable bonds is 20. The first kappa shape index (κ1) is 42.0. The molecule has 0 aliphatic heterocycles. The van der Waals surface area contributed by atoms with Gasteiger partial charge in [0.15, 0.2) is 0 Å². The van der Waals surface area contributed by atoms with Gasteiger partial charge in [-0.25, -0.2) is 4.79 Å². The molecule has 54 heavy (non-hydrogen) atoms. The molecule has 290 valence electrons. The maximum absolute atomic E-state index is 14.2. The Hall–Kier alpha value is -4.78. The summed E-state index contributed by atoms with van der Waals surface area (Å²) in [6.45, 7) is 7.57. The molecule has 0 saturated carbocycles. The lowest BCUT2D eigenvalue weighted by Crippen LogP contribution is -2.57. The Balaban J connectivity index is 1.55. The number of amides is 4. The molecule has 11 nitrogen and oxygen atoms in total. The molecule has 6 N–H and O–H groups in total. The fourth-order valence-electron chi connectivity index (χ4n) is 6.27. The largest absolute Gasteiger partial charge is 0.445 e. The van der Waals surface area contributed by atoms with Crippen molar-refractivity contribution in [1.82, 2.24) is 21.3 Å². The highest BCUT2D eigenvalue weighted by atomic mass is 32.1. The van der Waals surface area contributed by atoms with Crippen LogP contribution in [0.2, 0.25) is 0 Å². The van der Waals surface area contributed by atoms with Gasteiger partial charge in [0.25, 0.3) is 0 Å². The number of ether oxygens (including phenoxy) is 1. The van der Waals surface area contributed by atoms with E-state index in [0.717, 1.165) is 33.2 Å². The molecule has 1 unspecified atom stereocenters. The summed E-state index contributed by atoms with van der Waals surface area (Å²) in [7, 11) is 0. The van der Waals surface area contributed by atoms with Crippen LogP contribution in [-0.4, -0.2) is 70.9 Å². The number of carbonyl (C=O) groups excluding carboxylic acids is 4. The quantitative estimate of drug-likeness (QED) is 0.0715. The summed E-state index contributed by atoms with van der Waals surface area (Å²) < 4.78 is 5.49. The van der Waals surface area contributed by atoms with Crippen LogP contribution in [0.5, 0.6) is 0 Å². The number of fused-ring (bicyclic) bond motifs is 1. The molecule has 0 saturated heterocycles. The van der Waals surface area contributed by atoms with E-state index in [4.69, 9.17) is 4.74 Å². The summed E-state index contributed by atoms with van der Waals surface area (Å²) in [6.07, 6.45) is -0.894. The molecule has 4 aromatic rings. The third-order valence-corrected chi connectivity index (χ3v) is 10.4. The number of benzene rings is 3. The molecule has 0 aliphatic rings. The van der Waals surface area contributed by atoms with Crippen LogP contribution in [0.15, 0.2) is 90.3 Å². The SMILES string of the molecule is CC[C@H](C)[C@@H](CO)NC(=O)C[C@H](O)[C@H](CC(C)C)NC(=O)C(Cc1cccs1)NC(=O)[C@H](Cc1cccc2ccccc12)NC(=O)OCc1ccccc1. The summed E-state index contributed by atoms with van der Waals surface area (Å²) in [6, 6.07) is 23.0. The highest BCUT2D eigenvalue weighted by Gasteiger charge is 2.32. The van der Waals surface area contributed by atoms with Crippen molar-refractivity contribution in [2.24, 2.45) is 11.8 Å². The maximum Gasteiger partial charge on any atom is 0.408 e. The van der Waals surface area contributed by atoms with Crippen molar-refractivity contribution in [3.8, 4) is 0 Å². The van der Waals surface area contributed by atoms with Crippen LogP contribution < -0.4 is 21.3 Å². The van der Waals surface area contributed by atoms with Gasteiger partial charge >= 0.3 is 6.09 Å². The molecular formula is C42H54N4O7S. The second-order valence-corrected chi connectivity index (χ2v) is 15.2. The lowest BCUT2D eigenvalue weighted by Gasteiger charge is -2.29. The molecule has 3 aromatic carbocycles. The first-order valence-electron chi connectivity index (χ1n) is 18.6. The fraction of sp³-hybridized carbons (Fsp3) is 0.429. The van der Waals surface area contributed by atoms with Crippen molar-refractivity contribution < 1.29 is 34.1 Å². The summed E-state index contributed by atoms with van der Waals surface area (Å²) in [4.78, 5) is 55.2. The number of nitrogens with one attached hydrogen (secondary N) is 4. The van der Waals surface area contributed by atoms with Crippen LogP contribution in [0.25, 0.3) is 10.8 Å². The number of aliphatic hydroxyl groups is 2. The van der Waals surface area contributed by atoms with Gasteiger partial charge in [0.1, 0.15) is 18.7 Å². The monoisotopic (exact) mass is 758 g/mol. The minimum atomic E-state index is -1.23. The molecule has 6 atom stereocenters. The number of thiophene rings is 1. The zero-order valence-corrected chi connectivity index (χ0v) is 32.3. The van der Waals surface area contributed by atoms with Gasteiger partial charge in [0.2, 0.25) is 17.7 Å². The topological polar surface area (TPSA) is 166 Å². The van der Waals surface area contributed by atoms with Crippen LogP contribution in [0.3, 0.4) is 0 Å². The van der Waals surface area contributed by atoms with E-state index in [-0.39, 0.29) is 44.3 Å². The van der Waals surface area contributed by atoms with E-state index in [9.17, 15) is 29.4 Å². The lowest BCUT2D eigenvalue weighted by molar-refractivity contribution is -0.131. The van der Waals surface area contributed by atoms with E-state index in [1.165, 1.54) is 11.3 Å². The average Bonchev–Trinajstić information content (AvgIpc) is 3.68. The molecule has 1 heterocycles. The molecule has 4 rings (SSSR count). The Morgan fingerprint density at radius 1 is 0.759 bits per heavy atom. The van der Waals surface area contributed by atoms with Gasteiger partial charge in [-0.2, -0.15) is 0 Å². The van der Waals surface area contributed by atoms with Gasteiger partial charge in [-0.1, -0.05) is 113 Å². The van der Waals surface area contributed by atoms with Crippen molar-refractivity contribution in [3.63, 3.8) is 0 Å². The predicted octanol–water partition coefficient (Wildman–Crippen LogP) is 5.27. The molecule has 0 aliphatic carbocycles. The first-order valence-corrected chi connectivity index (χ1v) is 19.5. The Kier molecular flexibility index (Phi) is 16.5. The first-order chi connectivity index (χ1) is 26.0. The Morgan fingerprint density at radius 3 is 2.13 bits per heavy atom. The number of hydrogen-bond acceptors (Lipinski definition) is 8. The summed E-state index contributed by atoms with van der Waals surface area (Å²) in [5.41, 5.74) is 1.61. The van der Waals surface area contributed by atoms with E-state index in [0.29, 0.717) is 6.42 Å². The van der Waals surface area contributed by atoms with Crippen molar-refractivity contribution in [2.45, 2.75) is 96.7 Å². The van der Waals surface area contributed by atoms with Crippen LogP contribution >= 0.6 is 11.3 Å². The van der Waals surface area contributed by atoms with Crippen LogP contribution in [0.1, 0.15) is 63.0 Å². The Morgan fingerprint density at radius 2 is 1.44 bits per heavy atom. The van der Waals surface area contributed by atoms with Crippen LogP contribution in [0, 0.1) is 11.8 Å². The lowest BCUT2D eigenvalue weighted by atomic mass is 9.95. The zero-order valence-electron chi connectivity index (χ0n) is 31.5. The third-order valence-electron chi connectivity index (χ3n) is 9.53. The van der Waals surface area contributed by atoms with E-state index in [2.05, 4.69) is 21.3 Å². The molecule has 0 fully saturated rings.